The lowest BCUT2D eigenvalue weighted by molar-refractivity contribution is 0.0369. The van der Waals surface area contributed by atoms with Crippen molar-refractivity contribution >= 4 is 23.2 Å². The maximum Gasteiger partial charge on any atom is 0.255 e. The van der Waals surface area contributed by atoms with Gasteiger partial charge in [0.05, 0.1) is 24.6 Å². The largest absolute Gasteiger partial charge is 0.379 e. The molecule has 0 saturated carbocycles. The second-order valence-corrected chi connectivity index (χ2v) is 8.25. The molecule has 2 aromatic carbocycles. The number of halogens is 1. The SMILES string of the molecule is Cc1c(NC(=O)c2ccc(Cl)cc2)cc(-c2ccccc2)n1CCCN1CCOCC1. The normalized spacial score (nSPS) is 14.5. The molecule has 31 heavy (non-hydrogen) atoms. The average molecular weight is 438 g/mol. The molecule has 162 valence electrons. The molecule has 1 amide bonds. The maximum absolute atomic E-state index is 12.8. The van der Waals surface area contributed by atoms with E-state index >= 15 is 0 Å². The molecular weight excluding hydrogens is 410 g/mol. The van der Waals surface area contributed by atoms with E-state index in [1.165, 1.54) is 0 Å². The Morgan fingerprint density at radius 3 is 2.45 bits per heavy atom. The summed E-state index contributed by atoms with van der Waals surface area (Å²) in [5.41, 5.74) is 4.74. The zero-order chi connectivity index (χ0) is 21.6. The lowest BCUT2D eigenvalue weighted by Gasteiger charge is -2.26. The molecule has 1 fully saturated rings. The summed E-state index contributed by atoms with van der Waals surface area (Å²) in [5, 5.41) is 3.70. The molecule has 0 atom stereocenters. The highest BCUT2D eigenvalue weighted by atomic mass is 35.5. The first-order valence-electron chi connectivity index (χ1n) is 10.7. The number of morpholine rings is 1. The molecule has 3 aromatic rings. The minimum absolute atomic E-state index is 0.134. The van der Waals surface area contributed by atoms with Crippen LogP contribution in [0.5, 0.6) is 0 Å². The Hall–Kier alpha value is -2.60. The summed E-state index contributed by atoms with van der Waals surface area (Å²) in [6, 6.07) is 19.3. The van der Waals surface area contributed by atoms with E-state index in [4.69, 9.17) is 16.3 Å². The molecule has 6 heteroatoms. The Morgan fingerprint density at radius 1 is 1.03 bits per heavy atom. The summed E-state index contributed by atoms with van der Waals surface area (Å²) >= 11 is 5.95. The summed E-state index contributed by atoms with van der Waals surface area (Å²) in [4.78, 5) is 15.2. The second kappa shape index (κ2) is 10.1. The number of nitrogens with one attached hydrogen (secondary N) is 1. The standard InChI is InChI=1S/C25H28ClN3O2/c1-19-23(27-25(30)21-8-10-22(26)11-9-21)18-24(20-6-3-2-4-7-20)29(19)13-5-12-28-14-16-31-17-15-28/h2-4,6-11,18H,5,12-17H2,1H3,(H,27,30). The monoisotopic (exact) mass is 437 g/mol. The van der Waals surface area contributed by atoms with Gasteiger partial charge in [-0.05, 0) is 49.2 Å². The fourth-order valence-corrected chi connectivity index (χ4v) is 4.11. The van der Waals surface area contributed by atoms with Crippen LogP contribution >= 0.6 is 11.6 Å². The van der Waals surface area contributed by atoms with E-state index in [9.17, 15) is 4.79 Å². The van der Waals surface area contributed by atoms with E-state index in [0.29, 0.717) is 10.6 Å². The number of hydrogen-bond acceptors (Lipinski definition) is 3. The van der Waals surface area contributed by atoms with Gasteiger partial charge in [-0.1, -0.05) is 41.9 Å². The average Bonchev–Trinajstić information content (AvgIpc) is 3.11. The van der Waals surface area contributed by atoms with Crippen LogP contribution in [0.4, 0.5) is 5.69 Å². The summed E-state index contributed by atoms with van der Waals surface area (Å²) in [7, 11) is 0. The van der Waals surface area contributed by atoms with Gasteiger partial charge in [-0.2, -0.15) is 0 Å². The van der Waals surface area contributed by atoms with Crippen molar-refractivity contribution in [2.45, 2.75) is 19.9 Å². The van der Waals surface area contributed by atoms with Crippen LogP contribution in [0.2, 0.25) is 5.02 Å². The number of anilines is 1. The van der Waals surface area contributed by atoms with Crippen LogP contribution in [0.25, 0.3) is 11.3 Å². The van der Waals surface area contributed by atoms with Gasteiger partial charge in [0.1, 0.15) is 0 Å². The summed E-state index contributed by atoms with van der Waals surface area (Å²) in [6.07, 6.45) is 1.04. The van der Waals surface area contributed by atoms with E-state index in [-0.39, 0.29) is 5.91 Å². The molecule has 1 aromatic heterocycles. The molecule has 5 nitrogen and oxygen atoms in total. The van der Waals surface area contributed by atoms with Gasteiger partial charge < -0.3 is 14.6 Å². The van der Waals surface area contributed by atoms with Crippen molar-refractivity contribution in [1.82, 2.24) is 9.47 Å². The molecule has 1 aliphatic heterocycles. The number of aromatic nitrogens is 1. The minimum atomic E-state index is -0.134. The lowest BCUT2D eigenvalue weighted by Crippen LogP contribution is -2.37. The van der Waals surface area contributed by atoms with Crippen molar-refractivity contribution in [1.29, 1.82) is 0 Å². The van der Waals surface area contributed by atoms with Crippen LogP contribution in [-0.2, 0) is 11.3 Å². The molecule has 0 spiro atoms. The van der Waals surface area contributed by atoms with Crippen LogP contribution in [0.1, 0.15) is 22.5 Å². The number of ether oxygens (including phenoxy) is 1. The van der Waals surface area contributed by atoms with E-state index in [1.54, 1.807) is 24.3 Å². The maximum atomic E-state index is 12.8. The van der Waals surface area contributed by atoms with Gasteiger partial charge in [0, 0.05) is 42.5 Å². The molecule has 0 unspecified atom stereocenters. The number of hydrogen-bond donors (Lipinski definition) is 1. The molecule has 0 bridgehead atoms. The van der Waals surface area contributed by atoms with Gasteiger partial charge in [-0.25, -0.2) is 0 Å². The third-order valence-electron chi connectivity index (χ3n) is 5.75. The zero-order valence-electron chi connectivity index (χ0n) is 17.8. The first-order chi connectivity index (χ1) is 15.1. The molecular formula is C25H28ClN3O2. The van der Waals surface area contributed by atoms with E-state index in [1.807, 2.05) is 18.2 Å². The number of amides is 1. The van der Waals surface area contributed by atoms with Gasteiger partial charge >= 0.3 is 0 Å². The van der Waals surface area contributed by atoms with Crippen LogP contribution in [0, 0.1) is 6.92 Å². The number of benzene rings is 2. The van der Waals surface area contributed by atoms with E-state index in [2.05, 4.69) is 39.9 Å². The smallest absolute Gasteiger partial charge is 0.255 e. The molecule has 2 heterocycles. The third kappa shape index (κ3) is 5.37. The summed E-state index contributed by atoms with van der Waals surface area (Å²) < 4.78 is 7.76. The quantitative estimate of drug-likeness (QED) is 0.560. The number of carbonyl (C=O) groups is 1. The van der Waals surface area contributed by atoms with Gasteiger partial charge in [-0.15, -0.1) is 0 Å². The molecule has 1 saturated heterocycles. The Balaban J connectivity index is 1.54. The zero-order valence-corrected chi connectivity index (χ0v) is 18.6. The summed E-state index contributed by atoms with van der Waals surface area (Å²) in [5.74, 6) is -0.134. The van der Waals surface area contributed by atoms with Crippen molar-refractivity contribution in [2.24, 2.45) is 0 Å². The lowest BCUT2D eigenvalue weighted by atomic mass is 10.1. The Morgan fingerprint density at radius 2 is 1.74 bits per heavy atom. The van der Waals surface area contributed by atoms with Crippen molar-refractivity contribution in [2.75, 3.05) is 38.2 Å². The number of nitrogens with zero attached hydrogens (tertiary/aromatic N) is 2. The fourth-order valence-electron chi connectivity index (χ4n) is 3.98. The van der Waals surface area contributed by atoms with Crippen LogP contribution in [-0.4, -0.2) is 48.2 Å². The van der Waals surface area contributed by atoms with Crippen molar-refractivity contribution < 1.29 is 9.53 Å². The van der Waals surface area contributed by atoms with Crippen LogP contribution in [0.15, 0.2) is 60.7 Å². The van der Waals surface area contributed by atoms with Crippen molar-refractivity contribution in [3.05, 3.63) is 76.9 Å². The molecule has 0 radical (unpaired) electrons. The fraction of sp³-hybridized carbons (Fsp3) is 0.320. The first-order valence-corrected chi connectivity index (χ1v) is 11.1. The molecule has 1 aliphatic rings. The first kappa shape index (κ1) is 21.6. The second-order valence-electron chi connectivity index (χ2n) is 7.81. The third-order valence-corrected chi connectivity index (χ3v) is 6.00. The van der Waals surface area contributed by atoms with Gasteiger partial charge in [-0.3, -0.25) is 9.69 Å². The van der Waals surface area contributed by atoms with Crippen molar-refractivity contribution in [3.8, 4) is 11.3 Å². The Bertz CT molecular complexity index is 1010. The number of rotatable bonds is 7. The van der Waals surface area contributed by atoms with Gasteiger partial charge in [0.15, 0.2) is 0 Å². The van der Waals surface area contributed by atoms with Crippen LogP contribution in [0.3, 0.4) is 0 Å². The highest BCUT2D eigenvalue weighted by molar-refractivity contribution is 6.30. The van der Waals surface area contributed by atoms with E-state index in [0.717, 1.165) is 68.5 Å². The molecule has 4 rings (SSSR count). The molecule has 1 N–H and O–H groups in total. The number of carbonyl (C=O) groups excluding carboxylic acids is 1. The predicted molar refractivity (Wildman–Crippen MR) is 126 cm³/mol. The highest BCUT2D eigenvalue weighted by Crippen LogP contribution is 2.30. The Labute approximate surface area is 188 Å². The van der Waals surface area contributed by atoms with Crippen LogP contribution < -0.4 is 5.32 Å². The Kier molecular flexibility index (Phi) is 7.07. The van der Waals surface area contributed by atoms with Gasteiger partial charge in [0.2, 0.25) is 0 Å². The van der Waals surface area contributed by atoms with Gasteiger partial charge in [0.25, 0.3) is 5.91 Å². The topological polar surface area (TPSA) is 46.5 Å². The van der Waals surface area contributed by atoms with Crippen molar-refractivity contribution in [3.63, 3.8) is 0 Å². The minimum Gasteiger partial charge on any atom is -0.379 e. The molecule has 0 aliphatic carbocycles. The van der Waals surface area contributed by atoms with E-state index < -0.39 is 0 Å². The highest BCUT2D eigenvalue weighted by Gasteiger charge is 2.17. The summed E-state index contributed by atoms with van der Waals surface area (Å²) in [6.45, 7) is 7.64. The predicted octanol–water partition coefficient (Wildman–Crippen LogP) is 5.09.